The van der Waals surface area contributed by atoms with Crippen molar-refractivity contribution in [2.24, 2.45) is 0 Å². The third kappa shape index (κ3) is 6.00. The Labute approximate surface area is 54.0 Å². The summed E-state index contributed by atoms with van der Waals surface area (Å²) in [4.78, 5) is 9.96. The third-order valence-corrected chi connectivity index (χ3v) is 0.516. The van der Waals surface area contributed by atoms with Gasteiger partial charge in [-0.1, -0.05) is 6.92 Å². The first-order valence-corrected chi connectivity index (χ1v) is 1.88. The number of esters is 1. The van der Waals surface area contributed by atoms with E-state index in [4.69, 9.17) is 0 Å². The van der Waals surface area contributed by atoms with E-state index in [1.165, 1.54) is 7.11 Å². The number of hydrogen-bond donors (Lipinski definition) is 0. The normalized spacial score (nSPS) is 6.57. The van der Waals surface area contributed by atoms with Gasteiger partial charge in [0.2, 0.25) is 0 Å². The molecule has 0 aliphatic carbocycles. The summed E-state index contributed by atoms with van der Waals surface area (Å²) >= 11 is 0. The van der Waals surface area contributed by atoms with Crippen molar-refractivity contribution in [1.29, 1.82) is 0 Å². The second-order valence-corrected chi connectivity index (χ2v) is 0.930. The molecule has 0 rings (SSSR count). The van der Waals surface area contributed by atoms with Gasteiger partial charge in [0.25, 0.3) is 0 Å². The SMILES string of the molecule is CCC(=O)OC.[Cr]. The van der Waals surface area contributed by atoms with Crippen molar-refractivity contribution in [3.05, 3.63) is 0 Å². The van der Waals surface area contributed by atoms with Crippen LogP contribution in [0.5, 0.6) is 0 Å². The molecule has 0 N–H and O–H groups in total. The summed E-state index contributed by atoms with van der Waals surface area (Å²) in [5.74, 6) is -0.157. The van der Waals surface area contributed by atoms with E-state index >= 15 is 0 Å². The van der Waals surface area contributed by atoms with E-state index in [0.29, 0.717) is 6.42 Å². The molecule has 0 heterocycles. The number of ether oxygens (including phenoxy) is 1. The van der Waals surface area contributed by atoms with Crippen LogP contribution in [0.4, 0.5) is 0 Å². The summed E-state index contributed by atoms with van der Waals surface area (Å²) in [5, 5.41) is 0. The van der Waals surface area contributed by atoms with Gasteiger partial charge in [-0.2, -0.15) is 0 Å². The molecule has 0 spiro atoms. The standard InChI is InChI=1S/C4H8O2.Cr/c1-3-4(5)6-2;/h3H2,1-2H3;. The predicted octanol–water partition coefficient (Wildman–Crippen LogP) is 0.567. The van der Waals surface area contributed by atoms with Gasteiger partial charge in [0.05, 0.1) is 7.11 Å². The molecule has 42 valence electrons. The summed E-state index contributed by atoms with van der Waals surface area (Å²) in [6.07, 6.45) is 0.469. The van der Waals surface area contributed by atoms with Gasteiger partial charge in [0, 0.05) is 23.8 Å². The summed E-state index contributed by atoms with van der Waals surface area (Å²) in [6.45, 7) is 1.76. The maximum atomic E-state index is 9.96. The molecule has 0 radical (unpaired) electrons. The Morgan fingerprint density at radius 2 is 2.14 bits per heavy atom. The molecular weight excluding hydrogens is 132 g/mol. The zero-order chi connectivity index (χ0) is 4.99. The van der Waals surface area contributed by atoms with Crippen LogP contribution in [0.1, 0.15) is 13.3 Å². The zero-order valence-corrected chi connectivity index (χ0v) is 5.71. The molecule has 0 aliphatic rings. The van der Waals surface area contributed by atoms with Gasteiger partial charge in [-0.05, 0) is 0 Å². The number of carbonyl (C=O) groups excluding carboxylic acids is 1. The minimum Gasteiger partial charge on any atom is -0.469 e. The molecule has 0 aromatic rings. The molecule has 0 fully saturated rings. The van der Waals surface area contributed by atoms with Crippen molar-refractivity contribution in [1.82, 2.24) is 0 Å². The van der Waals surface area contributed by atoms with E-state index in [-0.39, 0.29) is 23.3 Å². The molecule has 0 aliphatic heterocycles. The van der Waals surface area contributed by atoms with Crippen LogP contribution in [0.15, 0.2) is 0 Å². The first-order valence-electron chi connectivity index (χ1n) is 1.88. The number of rotatable bonds is 1. The van der Waals surface area contributed by atoms with Gasteiger partial charge in [0.1, 0.15) is 0 Å². The minimum absolute atomic E-state index is 0. The Morgan fingerprint density at radius 3 is 2.14 bits per heavy atom. The Bertz CT molecular complexity index is 47.7. The van der Waals surface area contributed by atoms with Crippen LogP contribution in [0.25, 0.3) is 0 Å². The van der Waals surface area contributed by atoms with Crippen LogP contribution in [-0.2, 0) is 26.9 Å². The van der Waals surface area contributed by atoms with Crippen molar-refractivity contribution < 1.29 is 26.9 Å². The van der Waals surface area contributed by atoms with Crippen LogP contribution >= 0.6 is 0 Å². The van der Waals surface area contributed by atoms with Gasteiger partial charge in [-0.3, -0.25) is 4.79 Å². The molecule has 0 atom stereocenters. The van der Waals surface area contributed by atoms with Gasteiger partial charge < -0.3 is 4.74 Å². The van der Waals surface area contributed by atoms with Crippen molar-refractivity contribution in [3.8, 4) is 0 Å². The Morgan fingerprint density at radius 1 is 1.71 bits per heavy atom. The van der Waals surface area contributed by atoms with Crippen LogP contribution in [0, 0.1) is 0 Å². The summed E-state index contributed by atoms with van der Waals surface area (Å²) in [5.41, 5.74) is 0. The molecule has 3 heteroatoms. The van der Waals surface area contributed by atoms with E-state index in [9.17, 15) is 4.79 Å². The number of methoxy groups -OCH3 is 1. The predicted molar refractivity (Wildman–Crippen MR) is 22.3 cm³/mol. The fraction of sp³-hybridized carbons (Fsp3) is 0.750. The Balaban J connectivity index is 0. The zero-order valence-electron chi connectivity index (χ0n) is 4.43. The molecule has 0 unspecified atom stereocenters. The van der Waals surface area contributed by atoms with Crippen molar-refractivity contribution in [2.75, 3.05) is 7.11 Å². The monoisotopic (exact) mass is 140 g/mol. The fourth-order valence-corrected chi connectivity index (χ4v) is 0.144. The van der Waals surface area contributed by atoms with Crippen LogP contribution < -0.4 is 0 Å². The Hall–Kier alpha value is 0.00247. The number of carbonyl (C=O) groups is 1. The summed E-state index contributed by atoms with van der Waals surface area (Å²) in [7, 11) is 1.38. The molecule has 2 nitrogen and oxygen atoms in total. The van der Waals surface area contributed by atoms with E-state index in [0.717, 1.165) is 0 Å². The molecule has 0 bridgehead atoms. The van der Waals surface area contributed by atoms with Gasteiger partial charge in [-0.15, -0.1) is 0 Å². The molecule has 0 amide bonds. The molecule has 7 heavy (non-hydrogen) atoms. The average Bonchev–Trinajstić information content (AvgIpc) is 1.65. The number of hydrogen-bond acceptors (Lipinski definition) is 2. The quantitative estimate of drug-likeness (QED) is 0.497. The van der Waals surface area contributed by atoms with Gasteiger partial charge in [-0.25, -0.2) is 0 Å². The van der Waals surface area contributed by atoms with Crippen LogP contribution in [-0.4, -0.2) is 13.1 Å². The largest absolute Gasteiger partial charge is 0.469 e. The molecule has 0 saturated carbocycles. The minimum atomic E-state index is -0.157. The van der Waals surface area contributed by atoms with E-state index in [2.05, 4.69) is 4.74 Å². The van der Waals surface area contributed by atoms with Crippen molar-refractivity contribution in [2.45, 2.75) is 13.3 Å². The van der Waals surface area contributed by atoms with E-state index < -0.39 is 0 Å². The maximum Gasteiger partial charge on any atom is 0.305 e. The topological polar surface area (TPSA) is 26.3 Å². The fourth-order valence-electron chi connectivity index (χ4n) is 0.144. The smallest absolute Gasteiger partial charge is 0.305 e. The molecule has 0 aromatic carbocycles. The van der Waals surface area contributed by atoms with Gasteiger partial charge >= 0.3 is 5.97 Å². The van der Waals surface area contributed by atoms with Crippen LogP contribution in [0.2, 0.25) is 0 Å². The second-order valence-electron chi connectivity index (χ2n) is 0.930. The summed E-state index contributed by atoms with van der Waals surface area (Å²) in [6, 6.07) is 0. The Kier molecular flexibility index (Phi) is 8.65. The van der Waals surface area contributed by atoms with E-state index in [1.807, 2.05) is 0 Å². The molecule has 0 saturated heterocycles. The van der Waals surface area contributed by atoms with Gasteiger partial charge in [0.15, 0.2) is 0 Å². The van der Waals surface area contributed by atoms with Crippen LogP contribution in [0.3, 0.4) is 0 Å². The van der Waals surface area contributed by atoms with Crippen molar-refractivity contribution >= 4 is 5.97 Å². The molecule has 0 aromatic heterocycles. The molecular formula is C4H8CrO2. The third-order valence-electron chi connectivity index (χ3n) is 0.516. The second kappa shape index (κ2) is 6.00. The summed E-state index contributed by atoms with van der Waals surface area (Å²) < 4.78 is 4.26. The van der Waals surface area contributed by atoms with Crippen molar-refractivity contribution in [3.63, 3.8) is 0 Å². The first-order chi connectivity index (χ1) is 2.81. The van der Waals surface area contributed by atoms with E-state index in [1.54, 1.807) is 6.92 Å². The maximum absolute atomic E-state index is 9.96. The average molecular weight is 140 g/mol. The first kappa shape index (κ1) is 10.1.